The monoisotopic (exact) mass is 1800 g/mol. The number of para-hydroxylation sites is 6. The van der Waals surface area contributed by atoms with Gasteiger partial charge in [0.25, 0.3) is 0 Å². The third kappa shape index (κ3) is 21.7. The number of aryl methyl sites for hydroxylation is 6. The van der Waals surface area contributed by atoms with Crippen LogP contribution in [0.3, 0.4) is 0 Å². The second kappa shape index (κ2) is 41.1. The van der Waals surface area contributed by atoms with E-state index in [1.807, 2.05) is 109 Å². The first kappa shape index (κ1) is 90.5. The van der Waals surface area contributed by atoms with Crippen molar-refractivity contribution in [3.8, 4) is 69.4 Å². The van der Waals surface area contributed by atoms with Gasteiger partial charge in [-0.2, -0.15) is 30.6 Å². The summed E-state index contributed by atoms with van der Waals surface area (Å²) in [5.74, 6) is -4.16. The second-order valence-electron chi connectivity index (χ2n) is 27.2. The van der Waals surface area contributed by atoms with Crippen LogP contribution in [-0.4, -0.2) is 93.4 Å². The minimum absolute atomic E-state index is 0. The molecule has 110 heavy (non-hydrogen) atoms. The van der Waals surface area contributed by atoms with Gasteiger partial charge in [0, 0.05) is 70.8 Å². The van der Waals surface area contributed by atoms with Crippen LogP contribution in [0.25, 0.3) is 34.1 Å². The number of rotatable bonds is 18. The summed E-state index contributed by atoms with van der Waals surface area (Å²) in [5.41, 5.74) is 8.19. The summed E-state index contributed by atoms with van der Waals surface area (Å²) >= 11 is 0. The first-order valence-electron chi connectivity index (χ1n) is 35.3. The van der Waals surface area contributed by atoms with E-state index in [-0.39, 0.29) is 213 Å². The Bertz CT molecular complexity index is 4260. The fraction of sp³-hybridized carbons (Fsp3) is 0.286. The van der Waals surface area contributed by atoms with Gasteiger partial charge < -0.3 is 30.6 Å². The van der Waals surface area contributed by atoms with E-state index in [4.69, 9.17) is 0 Å². The third-order valence-corrected chi connectivity index (χ3v) is 16.7. The van der Waals surface area contributed by atoms with Gasteiger partial charge in [-0.3, -0.25) is 28.8 Å². The van der Waals surface area contributed by atoms with E-state index >= 15 is 0 Å². The van der Waals surface area contributed by atoms with Crippen LogP contribution in [0.15, 0.2) is 182 Å². The predicted molar refractivity (Wildman–Crippen MR) is 401 cm³/mol. The van der Waals surface area contributed by atoms with E-state index in [2.05, 4.69) is 30.6 Å². The Hall–Kier alpha value is -10.1. The van der Waals surface area contributed by atoms with Gasteiger partial charge in [-0.05, 0) is 114 Å². The molecule has 0 radical (unpaired) electrons. The van der Waals surface area contributed by atoms with Crippen LogP contribution in [0.2, 0.25) is 0 Å². The van der Waals surface area contributed by atoms with Crippen LogP contribution in [0.5, 0.6) is 35.3 Å². The van der Waals surface area contributed by atoms with Crippen molar-refractivity contribution in [2.75, 3.05) is 0 Å². The molecule has 0 saturated carbocycles. The Morgan fingerprint density at radius 3 is 0.409 bits per heavy atom. The van der Waals surface area contributed by atoms with E-state index < -0.39 is 0 Å². The largest absolute Gasteiger partial charge is 3.00 e. The Labute approximate surface area is 699 Å². The second-order valence-corrected chi connectivity index (χ2v) is 27.2. The molecule has 584 valence electrons. The number of carbonyl (C=O) groups excluding carboxylic acids is 6. The molecule has 0 atom stereocenters. The maximum absolute atomic E-state index is 12.2. The molecule has 0 amide bonds. The van der Waals surface area contributed by atoms with Crippen LogP contribution in [-0.2, 0) is 0 Å². The van der Waals surface area contributed by atoms with Crippen molar-refractivity contribution in [3.63, 3.8) is 0 Å². The zero-order chi connectivity index (χ0) is 79.7. The molecule has 0 bridgehead atoms. The SMILES string of the molecule is Cc1nn(-c2ccccc2)c([O-])c1C(=O)C(C)C.Cc1nn(-c2ccccc2)c([O-])c1C(=O)C(C)C.Cc1nn(-c2ccccc2)c([O-])c1C(=O)C(C)C.Cc1nn(-c2ccccc2)c([O-])c1C(=O)C(C)C.Cc1nn(-c2ccccc2)c([O-])c1C(=O)C(C)C.Cc1nn(-c2ccccc2)c([O-])c1C(=O)C(C)C.[Tm+3].[Tm+3]. The van der Waals surface area contributed by atoms with Crippen molar-refractivity contribution in [3.05, 3.63) is 250 Å². The Morgan fingerprint density at radius 1 is 0.218 bits per heavy atom. The normalized spacial score (nSPS) is 10.7. The molecule has 24 nitrogen and oxygen atoms in total. The number of benzene rings is 6. The van der Waals surface area contributed by atoms with Crippen LogP contribution in [0.4, 0.5) is 0 Å². The smallest absolute Gasteiger partial charge is 0.858 e. The summed E-state index contributed by atoms with van der Waals surface area (Å²) in [4.78, 5) is 71.9. The Kier molecular flexibility index (Phi) is 33.8. The van der Waals surface area contributed by atoms with Gasteiger partial charge in [-0.1, -0.05) is 192 Å². The maximum atomic E-state index is 12.2. The van der Waals surface area contributed by atoms with Gasteiger partial charge in [0.2, 0.25) is 0 Å². The fourth-order valence-electron chi connectivity index (χ4n) is 10.9. The molecule has 6 aromatic heterocycles. The van der Waals surface area contributed by atoms with Crippen molar-refractivity contribution in [2.24, 2.45) is 35.5 Å². The van der Waals surface area contributed by atoms with Crippen LogP contribution in [0.1, 0.15) is 179 Å². The van der Waals surface area contributed by atoms with Gasteiger partial charge in [-0.25, -0.2) is 28.1 Å². The average Bonchev–Trinajstić information content (AvgIpc) is 1.70. The van der Waals surface area contributed by atoms with Gasteiger partial charge in [0.15, 0.2) is 34.7 Å². The molecule has 0 aliphatic rings. The summed E-state index contributed by atoms with van der Waals surface area (Å²) in [5, 5.41) is 98.3. The van der Waals surface area contributed by atoms with Crippen LogP contribution >= 0.6 is 0 Å². The molecule has 6 aromatic carbocycles. The zero-order valence-electron chi connectivity index (χ0n) is 64.6. The minimum atomic E-state index is -0.336. The van der Waals surface area contributed by atoms with E-state index in [0.29, 0.717) is 68.3 Å². The first-order chi connectivity index (χ1) is 51.1. The van der Waals surface area contributed by atoms with Crippen molar-refractivity contribution >= 4 is 34.7 Å². The van der Waals surface area contributed by atoms with E-state index in [1.165, 1.54) is 28.1 Å². The fourth-order valence-corrected chi connectivity index (χ4v) is 10.9. The van der Waals surface area contributed by atoms with Gasteiger partial charge in [0.1, 0.15) is 0 Å². The Balaban J connectivity index is 0.000000235. The molecular weight excluding hydrogens is 1710 g/mol. The number of ketones is 6. The first-order valence-corrected chi connectivity index (χ1v) is 35.3. The summed E-state index contributed by atoms with van der Waals surface area (Å²) in [7, 11) is 0. The number of hydrogen-bond acceptors (Lipinski definition) is 18. The quantitative estimate of drug-likeness (QED) is 0.0720. The van der Waals surface area contributed by atoms with Gasteiger partial charge in [-0.15, -0.1) is 0 Å². The molecule has 0 aliphatic heterocycles. The average molecular weight is 1800 g/mol. The number of nitrogens with zero attached hydrogens (tertiary/aromatic N) is 12. The van der Waals surface area contributed by atoms with E-state index in [1.54, 1.807) is 197 Å². The minimum Gasteiger partial charge on any atom is -0.858 e. The molecular formula is C84H90N12O12Tm2. The van der Waals surface area contributed by atoms with Crippen LogP contribution in [0, 0.1) is 151 Å². The summed E-state index contributed by atoms with van der Waals surface area (Å²) < 4.78 is 7.70. The number of Topliss-reactive ketones (excluding diaryl/α,β-unsaturated/α-hetero) is 6. The van der Waals surface area contributed by atoms with Crippen molar-refractivity contribution < 1.29 is 133 Å². The van der Waals surface area contributed by atoms with Gasteiger partial charge in [0.05, 0.1) is 102 Å². The molecule has 0 unspecified atom stereocenters. The molecule has 12 rings (SSSR count). The number of hydrogen-bond donors (Lipinski definition) is 0. The van der Waals surface area contributed by atoms with Crippen molar-refractivity contribution in [2.45, 2.75) is 125 Å². The Morgan fingerprint density at radius 2 is 0.318 bits per heavy atom. The summed E-state index contributed by atoms with van der Waals surface area (Å²) in [6, 6.07) is 54.6. The van der Waals surface area contributed by atoms with Crippen LogP contribution < -0.4 is 30.6 Å². The molecule has 0 N–H and O–H groups in total. The molecule has 0 aliphatic carbocycles. The summed E-state index contributed by atoms with van der Waals surface area (Å²) in [6.45, 7) is 31.5. The molecule has 0 spiro atoms. The number of carbonyl (C=O) groups is 6. The molecule has 0 fully saturated rings. The molecule has 12 aromatic rings. The molecule has 26 heteroatoms. The molecule has 6 heterocycles. The third-order valence-electron chi connectivity index (χ3n) is 16.7. The van der Waals surface area contributed by atoms with Gasteiger partial charge >= 0.3 is 73.7 Å². The summed E-state index contributed by atoms with van der Waals surface area (Å²) in [6.07, 6.45) is 0. The maximum Gasteiger partial charge on any atom is 3.00 e. The van der Waals surface area contributed by atoms with Crippen molar-refractivity contribution in [1.29, 1.82) is 0 Å². The van der Waals surface area contributed by atoms with E-state index in [9.17, 15) is 59.4 Å². The van der Waals surface area contributed by atoms with E-state index in [0.717, 1.165) is 0 Å². The topological polar surface area (TPSA) is 348 Å². The zero-order valence-corrected chi connectivity index (χ0v) is 68.2. The molecule has 0 saturated heterocycles. The number of aromatic nitrogens is 12. The predicted octanol–water partition coefficient (Wildman–Crippen LogP) is 12.6. The standard InChI is InChI=1S/6C14H16N2O2.2Tm/c6*1-9(2)13(17)12-10(3)15-16(14(12)18)11-7-5-4-6-8-11;;/h6*4-9,18H,1-3H3;;/q;;;;;;2*+3/p-6. The van der Waals surface area contributed by atoms with Crippen molar-refractivity contribution in [1.82, 2.24) is 58.7 Å².